The first-order valence-electron chi connectivity index (χ1n) is 7.47. The fraction of sp³-hybridized carbons (Fsp3) is 0.333. The van der Waals surface area contributed by atoms with Gasteiger partial charge in [0.2, 0.25) is 0 Å². The summed E-state index contributed by atoms with van der Waals surface area (Å²) in [6.07, 6.45) is 0. The van der Waals surface area contributed by atoms with Gasteiger partial charge >= 0.3 is 0 Å². The summed E-state index contributed by atoms with van der Waals surface area (Å²) < 4.78 is 24.8. The lowest BCUT2D eigenvalue weighted by atomic mass is 10.2. The molecule has 0 aliphatic rings. The number of methoxy groups -OCH3 is 1. The third kappa shape index (κ3) is 5.55. The van der Waals surface area contributed by atoms with Crippen LogP contribution in [0.5, 0.6) is 11.5 Å². The fourth-order valence-electron chi connectivity index (χ4n) is 2.08. The minimum Gasteiger partial charge on any atom is -1.00 e. The Hall–Kier alpha value is -1.49. The third-order valence-corrected chi connectivity index (χ3v) is 3.73. The molecule has 0 heterocycles. The highest BCUT2D eigenvalue weighted by Crippen LogP contribution is 2.30. The zero-order valence-electron chi connectivity index (χ0n) is 13.9. The molecule has 2 aromatic carbocycles. The van der Waals surface area contributed by atoms with Crippen molar-refractivity contribution in [3.8, 4) is 11.5 Å². The lowest BCUT2D eigenvalue weighted by molar-refractivity contribution is -0.00000608. The summed E-state index contributed by atoms with van der Waals surface area (Å²) >= 11 is 6.01. The van der Waals surface area contributed by atoms with Crippen LogP contribution in [0.2, 0.25) is 5.02 Å². The van der Waals surface area contributed by atoms with Crippen molar-refractivity contribution in [2.24, 2.45) is 0 Å². The molecule has 0 aromatic heterocycles. The van der Waals surface area contributed by atoms with E-state index in [0.717, 1.165) is 12.1 Å². The van der Waals surface area contributed by atoms with Crippen LogP contribution in [0.15, 0.2) is 36.4 Å². The molecule has 0 fully saturated rings. The molecule has 0 aliphatic carbocycles. The second-order valence-electron chi connectivity index (χ2n) is 5.51. The Labute approximate surface area is 153 Å². The molecular weight excluding hydrogens is 352 g/mol. The predicted octanol–water partition coefficient (Wildman–Crippen LogP) is 1.57. The average molecular weight is 373 g/mol. The van der Waals surface area contributed by atoms with E-state index < -0.39 is 0 Å². The van der Waals surface area contributed by atoms with Crippen LogP contribution in [0.3, 0.4) is 0 Å². The molecule has 0 spiro atoms. The normalized spacial score (nSPS) is 10.4. The van der Waals surface area contributed by atoms with Gasteiger partial charge in [0.25, 0.3) is 0 Å². The maximum atomic E-state index is 13.8. The smallest absolute Gasteiger partial charge is 0.161 e. The Morgan fingerprint density at radius 3 is 2.54 bits per heavy atom. The molecule has 24 heavy (non-hydrogen) atoms. The summed E-state index contributed by atoms with van der Waals surface area (Å²) in [5, 5.41) is 3.69. The van der Waals surface area contributed by atoms with Crippen molar-refractivity contribution in [1.82, 2.24) is 5.32 Å². The van der Waals surface area contributed by atoms with Gasteiger partial charge in [0.15, 0.2) is 11.5 Å². The van der Waals surface area contributed by atoms with Crippen LogP contribution in [-0.2, 0) is 13.2 Å². The van der Waals surface area contributed by atoms with Gasteiger partial charge in [0.1, 0.15) is 12.4 Å². The number of rotatable bonds is 7. The monoisotopic (exact) mass is 372 g/mol. The predicted molar refractivity (Wildman–Crippen MR) is 90.7 cm³/mol. The van der Waals surface area contributed by atoms with Gasteiger partial charge < -0.3 is 27.2 Å². The summed E-state index contributed by atoms with van der Waals surface area (Å²) in [6, 6.07) is 10.7. The fourth-order valence-corrected chi connectivity index (χ4v) is 2.30. The van der Waals surface area contributed by atoms with E-state index in [-0.39, 0.29) is 24.8 Å². The first kappa shape index (κ1) is 20.6. The largest absolute Gasteiger partial charge is 1.00 e. The Kier molecular flexibility index (Phi) is 8.32. The number of hydrogen-bond acceptors (Lipinski definition) is 3. The maximum Gasteiger partial charge on any atom is 0.161 e. The quantitative estimate of drug-likeness (QED) is 0.800. The molecule has 0 atom stereocenters. The van der Waals surface area contributed by atoms with Crippen molar-refractivity contribution in [3.63, 3.8) is 0 Å². The molecule has 2 rings (SSSR count). The van der Waals surface area contributed by atoms with Crippen LogP contribution in [0.25, 0.3) is 0 Å². The van der Waals surface area contributed by atoms with Crippen molar-refractivity contribution in [1.29, 1.82) is 0 Å². The summed E-state index contributed by atoms with van der Waals surface area (Å²) in [7, 11) is 1.58. The zero-order valence-corrected chi connectivity index (χ0v) is 15.4. The van der Waals surface area contributed by atoms with Crippen molar-refractivity contribution in [3.05, 3.63) is 58.4 Å². The molecule has 2 aromatic rings. The summed E-state index contributed by atoms with van der Waals surface area (Å²) in [6.45, 7) is 4.97. The van der Waals surface area contributed by atoms with Crippen LogP contribution < -0.4 is 27.2 Å². The summed E-state index contributed by atoms with van der Waals surface area (Å²) in [5.74, 6) is 0.787. The molecule has 0 aliphatic heterocycles. The molecule has 0 saturated heterocycles. The van der Waals surface area contributed by atoms with Gasteiger partial charge in [0, 0.05) is 18.2 Å². The maximum absolute atomic E-state index is 13.8. The van der Waals surface area contributed by atoms with Gasteiger partial charge in [-0.15, -0.1) is 0 Å². The van der Waals surface area contributed by atoms with Gasteiger partial charge in [-0.2, -0.15) is 0 Å². The summed E-state index contributed by atoms with van der Waals surface area (Å²) in [4.78, 5) is 0. The van der Waals surface area contributed by atoms with Gasteiger partial charge in [-0.3, -0.25) is 0 Å². The van der Waals surface area contributed by atoms with Crippen molar-refractivity contribution in [2.45, 2.75) is 33.0 Å². The molecular formula is C18H21Cl2FNO2-. The Balaban J connectivity index is 0.00000288. The van der Waals surface area contributed by atoms with E-state index in [1.54, 1.807) is 19.2 Å². The lowest BCUT2D eigenvalue weighted by Crippen LogP contribution is -3.00. The second-order valence-corrected chi connectivity index (χ2v) is 5.92. The molecule has 3 nitrogen and oxygen atoms in total. The van der Waals surface area contributed by atoms with Crippen LogP contribution in [0.4, 0.5) is 4.39 Å². The second kappa shape index (κ2) is 9.72. The van der Waals surface area contributed by atoms with E-state index in [1.807, 2.05) is 18.2 Å². The number of halogens is 3. The van der Waals surface area contributed by atoms with E-state index in [1.165, 1.54) is 6.07 Å². The topological polar surface area (TPSA) is 30.5 Å². The van der Waals surface area contributed by atoms with E-state index in [2.05, 4.69) is 19.2 Å². The average Bonchev–Trinajstić information content (AvgIpc) is 2.53. The highest BCUT2D eigenvalue weighted by Gasteiger charge is 2.11. The SMILES string of the molecule is COc1cc(CNC(C)C)ccc1OCc1c(F)cccc1Cl.[Cl-]. The number of benzene rings is 2. The number of hydrogen-bond donors (Lipinski definition) is 1. The van der Waals surface area contributed by atoms with Crippen LogP contribution in [0, 0.1) is 5.82 Å². The van der Waals surface area contributed by atoms with Gasteiger partial charge in [-0.1, -0.05) is 37.6 Å². The Morgan fingerprint density at radius 2 is 1.92 bits per heavy atom. The van der Waals surface area contributed by atoms with Gasteiger partial charge in [-0.25, -0.2) is 4.39 Å². The van der Waals surface area contributed by atoms with Crippen LogP contribution in [0.1, 0.15) is 25.0 Å². The van der Waals surface area contributed by atoms with Crippen molar-refractivity contribution < 1.29 is 26.3 Å². The lowest BCUT2D eigenvalue weighted by Gasteiger charge is -2.14. The molecule has 1 N–H and O–H groups in total. The van der Waals surface area contributed by atoms with Gasteiger partial charge in [-0.05, 0) is 29.8 Å². The minimum atomic E-state index is -0.380. The molecule has 132 valence electrons. The Bertz CT molecular complexity index is 645. The zero-order chi connectivity index (χ0) is 16.8. The number of ether oxygens (including phenoxy) is 2. The molecule has 6 heteroatoms. The molecule has 0 amide bonds. The Morgan fingerprint density at radius 1 is 1.17 bits per heavy atom. The molecule has 0 saturated carbocycles. The minimum absolute atomic E-state index is 0. The standard InChI is InChI=1S/C18H21ClFNO2.ClH/c1-12(2)21-10-13-7-8-17(18(9-13)22-3)23-11-14-15(19)5-4-6-16(14)20;/h4-9,12,21H,10-11H2,1-3H3;1H/p-1. The summed E-state index contributed by atoms with van der Waals surface area (Å²) in [5.41, 5.74) is 1.42. The first-order chi connectivity index (χ1) is 11.0. The highest BCUT2D eigenvalue weighted by molar-refractivity contribution is 6.31. The highest BCUT2D eigenvalue weighted by atomic mass is 35.5. The van der Waals surface area contributed by atoms with Crippen molar-refractivity contribution >= 4 is 11.6 Å². The van der Waals surface area contributed by atoms with E-state index in [4.69, 9.17) is 21.1 Å². The molecule has 0 bridgehead atoms. The van der Waals surface area contributed by atoms with E-state index >= 15 is 0 Å². The molecule has 0 unspecified atom stereocenters. The van der Waals surface area contributed by atoms with E-state index in [9.17, 15) is 4.39 Å². The third-order valence-electron chi connectivity index (χ3n) is 3.38. The van der Waals surface area contributed by atoms with Crippen LogP contribution >= 0.6 is 11.6 Å². The van der Waals surface area contributed by atoms with E-state index in [0.29, 0.717) is 28.1 Å². The van der Waals surface area contributed by atoms with Crippen LogP contribution in [-0.4, -0.2) is 13.2 Å². The van der Waals surface area contributed by atoms with Gasteiger partial charge in [0.05, 0.1) is 12.1 Å². The first-order valence-corrected chi connectivity index (χ1v) is 7.85. The van der Waals surface area contributed by atoms with Crippen molar-refractivity contribution in [2.75, 3.05) is 7.11 Å². The molecule has 0 radical (unpaired) electrons. The number of nitrogens with one attached hydrogen (secondary N) is 1.